The molecule has 29 heavy (non-hydrogen) atoms. The first-order valence-electron chi connectivity index (χ1n) is 11.6. The topological polar surface area (TPSA) is 24.1 Å². The van der Waals surface area contributed by atoms with Crippen molar-refractivity contribution in [1.82, 2.24) is 10.6 Å². The first-order valence-corrected chi connectivity index (χ1v) is 11.6. The maximum atomic E-state index is 3.86. The molecule has 2 aromatic rings. The van der Waals surface area contributed by atoms with Crippen LogP contribution in [0.3, 0.4) is 0 Å². The van der Waals surface area contributed by atoms with Crippen molar-refractivity contribution in [3.05, 3.63) is 71.8 Å². The van der Waals surface area contributed by atoms with Gasteiger partial charge in [-0.05, 0) is 60.1 Å². The molecule has 2 N–H and O–H groups in total. The van der Waals surface area contributed by atoms with Crippen molar-refractivity contribution in [2.45, 2.75) is 52.0 Å². The average molecular weight is 391 g/mol. The molecule has 2 nitrogen and oxygen atoms in total. The molecular formula is C27H38N2. The number of hydrogen-bond acceptors (Lipinski definition) is 2. The highest BCUT2D eigenvalue weighted by Crippen LogP contribution is 2.61. The van der Waals surface area contributed by atoms with E-state index in [1.807, 2.05) is 0 Å². The predicted molar refractivity (Wildman–Crippen MR) is 123 cm³/mol. The highest BCUT2D eigenvalue weighted by Gasteiger charge is 2.55. The van der Waals surface area contributed by atoms with Gasteiger partial charge in [-0.15, -0.1) is 0 Å². The zero-order valence-electron chi connectivity index (χ0n) is 18.4. The third kappa shape index (κ3) is 4.44. The first kappa shape index (κ1) is 20.6. The third-order valence-electron chi connectivity index (χ3n) is 8.08. The summed E-state index contributed by atoms with van der Waals surface area (Å²) in [6.45, 7) is 10.6. The Morgan fingerprint density at radius 3 is 2.03 bits per heavy atom. The molecule has 2 bridgehead atoms. The molecule has 1 unspecified atom stereocenters. The normalized spacial score (nSPS) is 27.6. The molecule has 2 aromatic carbocycles. The summed E-state index contributed by atoms with van der Waals surface area (Å²) >= 11 is 0. The molecule has 156 valence electrons. The Morgan fingerprint density at radius 2 is 1.48 bits per heavy atom. The standard InChI is InChI=1S/C27H38N2/c1-20-25-18-23(27(25,2)3)19-26(20)29-17-16-28-15-14-24(21-10-6-4-7-11-21)22-12-8-5-9-13-22/h4-13,20,23-26,28-29H,14-19H2,1-3H3/t20-,23+,25?,26-/m1/s1. The van der Waals surface area contributed by atoms with Crippen molar-refractivity contribution in [2.24, 2.45) is 23.2 Å². The van der Waals surface area contributed by atoms with Crippen molar-refractivity contribution >= 4 is 0 Å². The number of benzene rings is 2. The van der Waals surface area contributed by atoms with E-state index < -0.39 is 0 Å². The van der Waals surface area contributed by atoms with Gasteiger partial charge >= 0.3 is 0 Å². The fourth-order valence-electron chi connectivity index (χ4n) is 6.03. The molecule has 0 heterocycles. The molecule has 5 rings (SSSR count). The minimum Gasteiger partial charge on any atom is -0.315 e. The Morgan fingerprint density at radius 1 is 0.862 bits per heavy atom. The SMILES string of the molecule is C[C@@H]1C2C[C@@H](C[C@H]1NCCNCCC(c1ccccc1)c1ccccc1)C2(C)C. The molecule has 3 saturated carbocycles. The molecule has 2 heteroatoms. The summed E-state index contributed by atoms with van der Waals surface area (Å²) in [4.78, 5) is 0. The van der Waals surface area contributed by atoms with E-state index in [0.29, 0.717) is 11.3 Å². The number of fused-ring (bicyclic) bond motifs is 2. The number of nitrogens with one attached hydrogen (secondary N) is 2. The highest BCUT2D eigenvalue weighted by atomic mass is 15.0. The summed E-state index contributed by atoms with van der Waals surface area (Å²) in [5.74, 6) is 3.14. The van der Waals surface area contributed by atoms with Gasteiger partial charge in [-0.2, -0.15) is 0 Å². The Balaban J connectivity index is 1.21. The minimum atomic E-state index is 0.463. The van der Waals surface area contributed by atoms with Crippen LogP contribution in [0, 0.1) is 23.2 Å². The zero-order chi connectivity index (χ0) is 20.3. The monoisotopic (exact) mass is 390 g/mol. The van der Waals surface area contributed by atoms with Crippen molar-refractivity contribution in [3.8, 4) is 0 Å². The van der Waals surface area contributed by atoms with Crippen molar-refractivity contribution in [2.75, 3.05) is 19.6 Å². The van der Waals surface area contributed by atoms with E-state index in [9.17, 15) is 0 Å². The molecule has 0 spiro atoms. The molecular weight excluding hydrogens is 352 g/mol. The molecule has 0 amide bonds. The Kier molecular flexibility index (Phi) is 6.41. The lowest BCUT2D eigenvalue weighted by atomic mass is 9.45. The molecule has 0 radical (unpaired) electrons. The van der Waals surface area contributed by atoms with Crippen LogP contribution >= 0.6 is 0 Å². The van der Waals surface area contributed by atoms with Crippen LogP contribution in [0.15, 0.2) is 60.7 Å². The van der Waals surface area contributed by atoms with Crippen LogP contribution in [0.25, 0.3) is 0 Å². The van der Waals surface area contributed by atoms with Crippen LogP contribution in [0.5, 0.6) is 0 Å². The van der Waals surface area contributed by atoms with Gasteiger partial charge in [0.05, 0.1) is 0 Å². The Labute approximate surface area is 177 Å². The summed E-state index contributed by atoms with van der Waals surface area (Å²) in [6, 6.07) is 22.6. The minimum absolute atomic E-state index is 0.463. The lowest BCUT2D eigenvalue weighted by molar-refractivity contribution is -0.114. The van der Waals surface area contributed by atoms with E-state index in [1.54, 1.807) is 0 Å². The molecule has 4 atom stereocenters. The van der Waals surface area contributed by atoms with Gasteiger partial charge in [0.25, 0.3) is 0 Å². The third-order valence-corrected chi connectivity index (χ3v) is 8.08. The second-order valence-electron chi connectivity index (χ2n) is 9.93. The maximum absolute atomic E-state index is 3.86. The van der Waals surface area contributed by atoms with E-state index >= 15 is 0 Å². The summed E-state index contributed by atoms with van der Waals surface area (Å²) in [7, 11) is 0. The molecule has 0 aromatic heterocycles. The van der Waals surface area contributed by atoms with Crippen LogP contribution in [0.2, 0.25) is 0 Å². The lowest BCUT2D eigenvalue weighted by Crippen LogP contribution is -2.60. The highest BCUT2D eigenvalue weighted by molar-refractivity contribution is 5.32. The maximum Gasteiger partial charge on any atom is 0.0101 e. The summed E-state index contributed by atoms with van der Waals surface area (Å²) in [6.07, 6.45) is 3.96. The average Bonchev–Trinajstić information content (AvgIpc) is 2.75. The van der Waals surface area contributed by atoms with Gasteiger partial charge in [0.1, 0.15) is 0 Å². The van der Waals surface area contributed by atoms with E-state index in [1.165, 1.54) is 24.0 Å². The molecule has 0 saturated heterocycles. The van der Waals surface area contributed by atoms with Crippen LogP contribution in [0.1, 0.15) is 57.1 Å². The van der Waals surface area contributed by atoms with Crippen molar-refractivity contribution in [1.29, 1.82) is 0 Å². The quantitative estimate of drug-likeness (QED) is 0.556. The molecule has 3 aliphatic carbocycles. The lowest BCUT2D eigenvalue weighted by Gasteiger charge is -2.62. The smallest absolute Gasteiger partial charge is 0.0101 e. The van der Waals surface area contributed by atoms with Gasteiger partial charge in [-0.1, -0.05) is 81.4 Å². The predicted octanol–water partition coefficient (Wildman–Crippen LogP) is 5.46. The molecule has 3 fully saturated rings. The molecule has 3 aliphatic rings. The van der Waals surface area contributed by atoms with E-state index in [-0.39, 0.29) is 0 Å². The summed E-state index contributed by atoms with van der Waals surface area (Å²) in [5, 5.41) is 7.54. The van der Waals surface area contributed by atoms with Gasteiger partial charge < -0.3 is 10.6 Å². The molecule has 0 aliphatic heterocycles. The number of hydrogen-bond donors (Lipinski definition) is 2. The van der Waals surface area contributed by atoms with E-state index in [0.717, 1.165) is 49.9 Å². The fourth-order valence-corrected chi connectivity index (χ4v) is 6.03. The van der Waals surface area contributed by atoms with E-state index in [4.69, 9.17) is 0 Å². The zero-order valence-corrected chi connectivity index (χ0v) is 18.4. The van der Waals surface area contributed by atoms with Crippen LogP contribution in [-0.2, 0) is 0 Å². The fraction of sp³-hybridized carbons (Fsp3) is 0.556. The number of rotatable bonds is 9. The Bertz CT molecular complexity index is 715. The van der Waals surface area contributed by atoms with Crippen LogP contribution in [0.4, 0.5) is 0 Å². The van der Waals surface area contributed by atoms with Crippen molar-refractivity contribution in [3.63, 3.8) is 0 Å². The van der Waals surface area contributed by atoms with Gasteiger partial charge in [-0.3, -0.25) is 0 Å². The first-order chi connectivity index (χ1) is 14.1. The second-order valence-corrected chi connectivity index (χ2v) is 9.93. The van der Waals surface area contributed by atoms with E-state index in [2.05, 4.69) is 92.1 Å². The van der Waals surface area contributed by atoms with Gasteiger partial charge in [0, 0.05) is 25.0 Å². The van der Waals surface area contributed by atoms with Crippen LogP contribution < -0.4 is 10.6 Å². The summed E-state index contributed by atoms with van der Waals surface area (Å²) < 4.78 is 0. The van der Waals surface area contributed by atoms with Crippen LogP contribution in [-0.4, -0.2) is 25.7 Å². The van der Waals surface area contributed by atoms with Crippen molar-refractivity contribution < 1.29 is 0 Å². The van der Waals surface area contributed by atoms with Gasteiger partial charge in [0.2, 0.25) is 0 Å². The Hall–Kier alpha value is -1.64. The second kappa shape index (κ2) is 9.02. The van der Waals surface area contributed by atoms with Gasteiger partial charge in [-0.25, -0.2) is 0 Å². The van der Waals surface area contributed by atoms with Gasteiger partial charge in [0.15, 0.2) is 0 Å². The largest absolute Gasteiger partial charge is 0.315 e. The summed E-state index contributed by atoms with van der Waals surface area (Å²) in [5.41, 5.74) is 3.41.